The standard InChI is InChI=1S/C29H36N5O2S/c1-5-23-11-21(31-16-22-12-29-28(17-32-22)36-18-37-29)10-19(2)34(23,3)9-8-25-20(14-30)15-33-27-7-6-24(35-4)13-26(25)27/h6-7,12-13,15,17,19,21,23,31H,5,8-11,16,18H2,1-4H3/q+1. The highest BCUT2D eigenvalue weighted by molar-refractivity contribution is 7.99. The molecule has 0 amide bonds. The number of hydrogen-bond acceptors (Lipinski definition) is 7. The summed E-state index contributed by atoms with van der Waals surface area (Å²) >= 11 is 1.73. The molecule has 4 heterocycles. The van der Waals surface area contributed by atoms with Gasteiger partial charge in [-0.05, 0) is 43.2 Å². The molecule has 0 radical (unpaired) electrons. The molecule has 4 unspecified atom stereocenters. The molecular weight excluding hydrogens is 482 g/mol. The molecule has 3 aromatic rings. The molecule has 4 atom stereocenters. The summed E-state index contributed by atoms with van der Waals surface area (Å²) in [6.45, 7) is 6.46. The second-order valence-electron chi connectivity index (χ2n) is 10.5. The highest BCUT2D eigenvalue weighted by atomic mass is 32.2. The lowest BCUT2D eigenvalue weighted by atomic mass is 9.86. The number of nitrogens with one attached hydrogen (secondary N) is 1. The van der Waals surface area contributed by atoms with Crippen molar-refractivity contribution in [2.75, 3.05) is 26.6 Å². The molecule has 2 aliphatic rings. The van der Waals surface area contributed by atoms with Gasteiger partial charge in [0, 0.05) is 43.4 Å². The van der Waals surface area contributed by atoms with E-state index in [9.17, 15) is 5.26 Å². The lowest BCUT2D eigenvalue weighted by Gasteiger charge is -2.51. The fourth-order valence-electron chi connectivity index (χ4n) is 6.09. The number of benzene rings is 1. The number of rotatable bonds is 8. The molecule has 7 nitrogen and oxygen atoms in total. The molecule has 37 heavy (non-hydrogen) atoms. The number of hydrogen-bond donors (Lipinski definition) is 1. The van der Waals surface area contributed by atoms with Gasteiger partial charge in [0.2, 0.25) is 0 Å². The first kappa shape index (κ1) is 25.8. The van der Waals surface area contributed by atoms with Crippen molar-refractivity contribution in [3.63, 3.8) is 0 Å². The third-order valence-corrected chi connectivity index (χ3v) is 9.40. The lowest BCUT2D eigenvalue weighted by molar-refractivity contribution is -0.960. The number of quaternary nitrogens is 1. The fraction of sp³-hybridized carbons (Fsp3) is 0.483. The Kier molecular flexibility index (Phi) is 7.57. The summed E-state index contributed by atoms with van der Waals surface area (Å²) in [6, 6.07) is 12.0. The Labute approximate surface area is 223 Å². The monoisotopic (exact) mass is 518 g/mol. The maximum Gasteiger partial charge on any atom is 0.152 e. The van der Waals surface area contributed by atoms with Gasteiger partial charge < -0.3 is 19.3 Å². The van der Waals surface area contributed by atoms with Gasteiger partial charge in [0.1, 0.15) is 17.8 Å². The van der Waals surface area contributed by atoms with Crippen molar-refractivity contribution in [2.45, 2.75) is 69.1 Å². The van der Waals surface area contributed by atoms with Gasteiger partial charge in [0.05, 0.1) is 60.7 Å². The highest BCUT2D eigenvalue weighted by Crippen LogP contribution is 2.36. The average Bonchev–Trinajstić information content (AvgIpc) is 3.40. The van der Waals surface area contributed by atoms with Crippen LogP contribution in [0.15, 0.2) is 41.6 Å². The van der Waals surface area contributed by atoms with Crippen LogP contribution in [0.2, 0.25) is 0 Å². The molecule has 2 aliphatic heterocycles. The van der Waals surface area contributed by atoms with Crippen LogP contribution in [-0.4, -0.2) is 59.2 Å². The summed E-state index contributed by atoms with van der Waals surface area (Å²) in [4.78, 5) is 10.3. The van der Waals surface area contributed by atoms with Gasteiger partial charge in [-0.2, -0.15) is 5.26 Å². The number of ether oxygens (including phenoxy) is 2. The molecule has 5 rings (SSSR count). The van der Waals surface area contributed by atoms with Crippen LogP contribution in [0.1, 0.15) is 49.9 Å². The molecule has 1 N–H and O–H groups in total. The molecule has 194 valence electrons. The summed E-state index contributed by atoms with van der Waals surface area (Å²) in [5, 5.41) is 14.7. The minimum atomic E-state index is 0.464. The van der Waals surface area contributed by atoms with Crippen LogP contribution >= 0.6 is 11.8 Å². The van der Waals surface area contributed by atoms with E-state index in [2.05, 4.69) is 48.3 Å². The predicted molar refractivity (Wildman–Crippen MR) is 147 cm³/mol. The largest absolute Gasteiger partial charge is 0.497 e. The van der Waals surface area contributed by atoms with E-state index >= 15 is 0 Å². The molecule has 1 aromatic carbocycles. The van der Waals surface area contributed by atoms with Crippen LogP contribution < -0.4 is 14.8 Å². The first-order chi connectivity index (χ1) is 17.9. The van der Waals surface area contributed by atoms with Crippen LogP contribution in [0.25, 0.3) is 10.9 Å². The van der Waals surface area contributed by atoms with Crippen LogP contribution in [0, 0.1) is 11.3 Å². The van der Waals surface area contributed by atoms with Gasteiger partial charge >= 0.3 is 0 Å². The minimum Gasteiger partial charge on any atom is -0.497 e. The summed E-state index contributed by atoms with van der Waals surface area (Å²) in [5.41, 5.74) is 3.72. The summed E-state index contributed by atoms with van der Waals surface area (Å²) in [5.74, 6) is 2.38. The Bertz CT molecular complexity index is 1330. The molecule has 0 spiro atoms. The van der Waals surface area contributed by atoms with Gasteiger partial charge in [-0.3, -0.25) is 9.97 Å². The number of nitriles is 1. The van der Waals surface area contributed by atoms with E-state index in [-0.39, 0.29) is 0 Å². The van der Waals surface area contributed by atoms with E-state index in [1.165, 1.54) is 4.90 Å². The van der Waals surface area contributed by atoms with E-state index in [1.54, 1.807) is 25.1 Å². The zero-order valence-electron chi connectivity index (χ0n) is 22.2. The molecule has 1 fully saturated rings. The number of pyridine rings is 2. The summed E-state index contributed by atoms with van der Waals surface area (Å²) in [7, 11) is 4.08. The number of nitrogens with zero attached hydrogens (tertiary/aromatic N) is 4. The lowest BCUT2D eigenvalue weighted by Crippen LogP contribution is -2.64. The van der Waals surface area contributed by atoms with Crippen molar-refractivity contribution in [1.82, 2.24) is 15.3 Å². The molecule has 0 aliphatic carbocycles. The van der Waals surface area contributed by atoms with Crippen molar-refractivity contribution < 1.29 is 14.0 Å². The molecule has 2 aromatic heterocycles. The predicted octanol–water partition coefficient (Wildman–Crippen LogP) is 5.06. The van der Waals surface area contributed by atoms with Crippen molar-refractivity contribution in [3.8, 4) is 17.6 Å². The summed E-state index contributed by atoms with van der Waals surface area (Å²) < 4.78 is 12.1. The average molecular weight is 519 g/mol. The van der Waals surface area contributed by atoms with E-state index in [1.807, 2.05) is 24.4 Å². The van der Waals surface area contributed by atoms with Crippen molar-refractivity contribution in [3.05, 3.63) is 53.5 Å². The Hall–Kier alpha value is -2.86. The maximum absolute atomic E-state index is 9.85. The highest BCUT2D eigenvalue weighted by Gasteiger charge is 2.43. The third kappa shape index (κ3) is 5.13. The van der Waals surface area contributed by atoms with Crippen LogP contribution in [0.5, 0.6) is 11.5 Å². The second-order valence-corrected chi connectivity index (χ2v) is 11.4. The molecule has 0 bridgehead atoms. The minimum absolute atomic E-state index is 0.464. The van der Waals surface area contributed by atoms with Crippen molar-refractivity contribution in [2.24, 2.45) is 0 Å². The van der Waals surface area contributed by atoms with E-state index in [0.717, 1.165) is 76.9 Å². The van der Waals surface area contributed by atoms with Crippen LogP contribution in [0.3, 0.4) is 0 Å². The molecular formula is C29H36N5O2S+. The summed E-state index contributed by atoms with van der Waals surface area (Å²) in [6.07, 6.45) is 7.79. The smallest absolute Gasteiger partial charge is 0.152 e. The Morgan fingerprint density at radius 2 is 2.11 bits per heavy atom. The third-order valence-electron chi connectivity index (χ3n) is 8.53. The van der Waals surface area contributed by atoms with Crippen LogP contribution in [-0.2, 0) is 13.0 Å². The number of likely N-dealkylation sites (tertiary alicyclic amines) is 1. The Morgan fingerprint density at radius 3 is 2.89 bits per heavy atom. The molecule has 0 saturated carbocycles. The first-order valence-corrected chi connectivity index (χ1v) is 14.1. The SMILES string of the molecule is CCC1CC(NCc2cc3c(cn2)OCS3)CC(C)[N+]1(C)CCc1c(C#N)cnc2ccc(OC)cc12. The number of methoxy groups -OCH3 is 1. The Balaban J connectivity index is 1.30. The Morgan fingerprint density at radius 1 is 1.24 bits per heavy atom. The molecule has 1 saturated heterocycles. The first-order valence-electron chi connectivity index (χ1n) is 13.1. The number of piperidine rings is 1. The van der Waals surface area contributed by atoms with Gasteiger partial charge in [0.25, 0.3) is 0 Å². The van der Waals surface area contributed by atoms with Gasteiger partial charge in [-0.25, -0.2) is 0 Å². The second kappa shape index (κ2) is 10.9. The van der Waals surface area contributed by atoms with Gasteiger partial charge in [0.15, 0.2) is 5.75 Å². The van der Waals surface area contributed by atoms with E-state index in [4.69, 9.17) is 9.47 Å². The van der Waals surface area contributed by atoms with Crippen molar-refractivity contribution in [1.29, 1.82) is 5.26 Å². The fourth-order valence-corrected chi connectivity index (χ4v) is 6.88. The van der Waals surface area contributed by atoms with Crippen molar-refractivity contribution >= 4 is 22.7 Å². The molecule has 8 heteroatoms. The zero-order valence-corrected chi connectivity index (χ0v) is 23.0. The number of thioether (sulfide) groups is 1. The zero-order chi connectivity index (χ0) is 26.0. The number of aromatic nitrogens is 2. The number of likely N-dealkylation sites (N-methyl/N-ethyl adjacent to an activating group) is 1. The van der Waals surface area contributed by atoms with Gasteiger partial charge in [-0.15, -0.1) is 0 Å². The van der Waals surface area contributed by atoms with E-state index < -0.39 is 0 Å². The van der Waals surface area contributed by atoms with Gasteiger partial charge in [-0.1, -0.05) is 18.7 Å². The number of fused-ring (bicyclic) bond motifs is 2. The van der Waals surface area contributed by atoms with E-state index in [0.29, 0.717) is 29.6 Å². The normalized spacial score (nSPS) is 24.9. The quantitative estimate of drug-likeness (QED) is 0.418. The topological polar surface area (TPSA) is 80.1 Å². The van der Waals surface area contributed by atoms with Crippen LogP contribution in [0.4, 0.5) is 0 Å². The maximum atomic E-state index is 9.85.